The van der Waals surface area contributed by atoms with Crippen molar-refractivity contribution in [3.63, 3.8) is 0 Å². The van der Waals surface area contributed by atoms with Gasteiger partial charge in [-0.3, -0.25) is 13.9 Å². The van der Waals surface area contributed by atoms with Gasteiger partial charge >= 0.3 is 0 Å². The number of benzene rings is 3. The Morgan fingerprint density at radius 1 is 0.879 bits per heavy atom. The molecule has 0 aliphatic heterocycles. The Bertz CT molecular complexity index is 1440. The third-order valence-electron chi connectivity index (χ3n) is 4.93. The van der Waals surface area contributed by atoms with Crippen molar-refractivity contribution in [2.75, 3.05) is 7.11 Å². The molecule has 0 aliphatic carbocycles. The highest BCUT2D eigenvalue weighted by atomic mass is 35.5. The molecule has 33 heavy (non-hydrogen) atoms. The van der Waals surface area contributed by atoms with Crippen molar-refractivity contribution in [3.8, 4) is 23.0 Å². The van der Waals surface area contributed by atoms with Crippen molar-refractivity contribution < 1.29 is 9.84 Å². The van der Waals surface area contributed by atoms with E-state index in [1.165, 1.54) is 9.13 Å². The van der Waals surface area contributed by atoms with E-state index in [4.69, 9.17) is 28.6 Å². The van der Waals surface area contributed by atoms with E-state index in [1.807, 2.05) is 19.1 Å². The minimum atomic E-state index is -0.608. The van der Waals surface area contributed by atoms with Gasteiger partial charge in [-0.2, -0.15) is 5.11 Å². The highest BCUT2D eigenvalue weighted by Crippen LogP contribution is 2.29. The molecule has 0 amide bonds. The number of ether oxygens (including phenoxy) is 1. The van der Waals surface area contributed by atoms with Crippen molar-refractivity contribution in [2.45, 2.75) is 6.92 Å². The van der Waals surface area contributed by atoms with Crippen LogP contribution in [0.3, 0.4) is 0 Å². The van der Waals surface area contributed by atoms with Crippen molar-refractivity contribution in [1.82, 2.24) is 9.13 Å². The molecule has 0 fully saturated rings. The van der Waals surface area contributed by atoms with E-state index in [2.05, 4.69) is 10.2 Å². The molecule has 4 aromatic rings. The Morgan fingerprint density at radius 3 is 2.06 bits per heavy atom. The van der Waals surface area contributed by atoms with E-state index in [9.17, 15) is 9.90 Å². The molecular formula is C24H19ClN4O3S. The molecular weight excluding hydrogens is 460 g/mol. The Hall–Kier alpha value is -3.75. The van der Waals surface area contributed by atoms with Crippen LogP contribution in [0.1, 0.15) is 5.56 Å². The van der Waals surface area contributed by atoms with Crippen LogP contribution >= 0.6 is 23.8 Å². The summed E-state index contributed by atoms with van der Waals surface area (Å²) >= 11 is 11.5. The minimum absolute atomic E-state index is 0.0805. The molecule has 0 saturated carbocycles. The number of azo groups is 1. The van der Waals surface area contributed by atoms with Crippen LogP contribution < -0.4 is 10.3 Å². The zero-order valence-corrected chi connectivity index (χ0v) is 19.3. The third-order valence-corrected chi connectivity index (χ3v) is 5.54. The largest absolute Gasteiger partial charge is 0.497 e. The zero-order valence-electron chi connectivity index (χ0n) is 17.8. The number of aromatic hydroxyl groups is 1. The lowest BCUT2D eigenvalue weighted by Crippen LogP contribution is -2.23. The van der Waals surface area contributed by atoms with Crippen LogP contribution in [0.25, 0.3) is 11.4 Å². The smallest absolute Gasteiger partial charge is 0.290 e. The fourth-order valence-electron chi connectivity index (χ4n) is 3.17. The summed E-state index contributed by atoms with van der Waals surface area (Å²) in [4.78, 5) is 13.4. The molecule has 7 nitrogen and oxygen atoms in total. The Labute approximate surface area is 199 Å². The quantitative estimate of drug-likeness (QED) is 0.264. The minimum Gasteiger partial charge on any atom is -0.497 e. The van der Waals surface area contributed by atoms with Gasteiger partial charge in [0.2, 0.25) is 11.6 Å². The van der Waals surface area contributed by atoms with Crippen molar-refractivity contribution in [3.05, 3.63) is 98.5 Å². The number of nitrogens with zero attached hydrogens (tertiary/aromatic N) is 4. The van der Waals surface area contributed by atoms with E-state index in [-0.39, 0.29) is 10.5 Å². The van der Waals surface area contributed by atoms with E-state index in [0.29, 0.717) is 27.8 Å². The number of aryl methyl sites for hydroxylation is 1. The van der Waals surface area contributed by atoms with Gasteiger partial charge < -0.3 is 9.84 Å². The lowest BCUT2D eigenvalue weighted by molar-refractivity contribution is 0.414. The van der Waals surface area contributed by atoms with Crippen LogP contribution in [-0.2, 0) is 0 Å². The molecule has 3 aromatic carbocycles. The second-order valence-corrected chi connectivity index (χ2v) is 7.94. The molecule has 4 rings (SSSR count). The molecule has 1 aromatic heterocycles. The number of aromatic nitrogens is 2. The van der Waals surface area contributed by atoms with E-state index >= 15 is 0 Å². The van der Waals surface area contributed by atoms with Gasteiger partial charge in [0.25, 0.3) is 5.56 Å². The van der Waals surface area contributed by atoms with Gasteiger partial charge in [0.05, 0.1) is 24.2 Å². The standard InChI is InChI=1S/C24H19ClN4O3S/c1-15-3-9-18(10-4-15)28-22(30)21(27-26-17-7-5-16(25)6-8-17)23(31)29(24(28)33)19-11-13-20(32-2)14-12-19/h3-14,30H,1-2H3. The van der Waals surface area contributed by atoms with Gasteiger partial charge in [-0.05, 0) is 79.8 Å². The normalized spacial score (nSPS) is 11.1. The maximum absolute atomic E-state index is 13.4. The summed E-state index contributed by atoms with van der Waals surface area (Å²) in [5, 5.41) is 19.8. The molecule has 0 unspecified atom stereocenters. The summed E-state index contributed by atoms with van der Waals surface area (Å²) in [5.74, 6) is 0.224. The maximum Gasteiger partial charge on any atom is 0.290 e. The van der Waals surface area contributed by atoms with Gasteiger partial charge in [0, 0.05) is 5.02 Å². The second-order valence-electron chi connectivity index (χ2n) is 7.14. The summed E-state index contributed by atoms with van der Waals surface area (Å²) in [6, 6.07) is 20.8. The van der Waals surface area contributed by atoms with Crippen molar-refractivity contribution in [1.29, 1.82) is 0 Å². The SMILES string of the molecule is COc1ccc(-n2c(=O)c(N=Nc3ccc(Cl)cc3)c(O)n(-c3ccc(C)cc3)c2=S)cc1. The summed E-state index contributed by atoms with van der Waals surface area (Å²) in [7, 11) is 1.56. The second kappa shape index (κ2) is 9.40. The van der Waals surface area contributed by atoms with Crippen LogP contribution in [0.2, 0.25) is 5.02 Å². The summed E-state index contributed by atoms with van der Waals surface area (Å²) < 4.78 is 7.97. The number of hydrogen-bond acceptors (Lipinski definition) is 6. The highest BCUT2D eigenvalue weighted by Gasteiger charge is 2.19. The van der Waals surface area contributed by atoms with E-state index in [1.54, 1.807) is 67.8 Å². The van der Waals surface area contributed by atoms with Gasteiger partial charge in [0.1, 0.15) is 5.75 Å². The molecule has 0 atom stereocenters. The molecule has 0 bridgehead atoms. The fourth-order valence-corrected chi connectivity index (χ4v) is 3.68. The Kier molecular flexibility index (Phi) is 6.39. The van der Waals surface area contributed by atoms with Crippen LogP contribution in [0, 0.1) is 11.7 Å². The van der Waals surface area contributed by atoms with Crippen molar-refractivity contribution >= 4 is 35.2 Å². The number of hydrogen-bond donors (Lipinski definition) is 1. The van der Waals surface area contributed by atoms with Crippen LogP contribution in [0.5, 0.6) is 11.6 Å². The van der Waals surface area contributed by atoms with Gasteiger partial charge in [-0.25, -0.2) is 0 Å². The molecule has 0 radical (unpaired) electrons. The molecule has 0 saturated heterocycles. The molecule has 1 heterocycles. The number of rotatable bonds is 5. The first-order valence-corrected chi connectivity index (χ1v) is 10.7. The highest BCUT2D eigenvalue weighted by molar-refractivity contribution is 7.71. The summed E-state index contributed by atoms with van der Waals surface area (Å²) in [6.45, 7) is 1.95. The van der Waals surface area contributed by atoms with Gasteiger partial charge in [-0.15, -0.1) is 5.11 Å². The number of methoxy groups -OCH3 is 1. The van der Waals surface area contributed by atoms with Crippen LogP contribution in [0.15, 0.2) is 87.8 Å². The lowest BCUT2D eigenvalue weighted by Gasteiger charge is -2.16. The maximum atomic E-state index is 13.4. The lowest BCUT2D eigenvalue weighted by atomic mass is 10.2. The van der Waals surface area contributed by atoms with E-state index < -0.39 is 11.4 Å². The average molecular weight is 479 g/mol. The van der Waals surface area contributed by atoms with Gasteiger partial charge in [0.15, 0.2) is 4.77 Å². The Balaban J connectivity index is 1.97. The molecule has 166 valence electrons. The van der Waals surface area contributed by atoms with Crippen LogP contribution in [-0.4, -0.2) is 21.4 Å². The van der Waals surface area contributed by atoms with Gasteiger partial charge in [-0.1, -0.05) is 29.3 Å². The Morgan fingerprint density at radius 2 is 1.45 bits per heavy atom. The van der Waals surface area contributed by atoms with Crippen molar-refractivity contribution in [2.24, 2.45) is 10.2 Å². The zero-order chi connectivity index (χ0) is 23.5. The summed E-state index contributed by atoms with van der Waals surface area (Å²) in [6.07, 6.45) is 0. The monoisotopic (exact) mass is 478 g/mol. The molecule has 1 N–H and O–H groups in total. The average Bonchev–Trinajstić information content (AvgIpc) is 2.82. The number of halogens is 1. The predicted molar refractivity (Wildman–Crippen MR) is 131 cm³/mol. The first-order chi connectivity index (χ1) is 15.9. The summed E-state index contributed by atoms with van der Waals surface area (Å²) in [5.41, 5.74) is 1.72. The predicted octanol–water partition coefficient (Wildman–Crippen LogP) is 6.45. The molecule has 0 aliphatic rings. The topological polar surface area (TPSA) is 81.1 Å². The first kappa shape index (κ1) is 22.4. The van der Waals surface area contributed by atoms with Crippen LogP contribution in [0.4, 0.5) is 11.4 Å². The molecule has 9 heteroatoms. The molecule has 0 spiro atoms. The van der Waals surface area contributed by atoms with E-state index in [0.717, 1.165) is 5.56 Å². The fraction of sp³-hybridized carbons (Fsp3) is 0.0833. The third kappa shape index (κ3) is 4.57. The first-order valence-electron chi connectivity index (χ1n) is 9.89.